The molecule has 1 fully saturated rings. The molecule has 27 heavy (non-hydrogen) atoms. The van der Waals surface area contributed by atoms with Gasteiger partial charge < -0.3 is 10.2 Å². The van der Waals surface area contributed by atoms with Gasteiger partial charge in [0.2, 0.25) is 5.91 Å². The molecular weight excluding hydrogens is 354 g/mol. The van der Waals surface area contributed by atoms with E-state index in [0.29, 0.717) is 6.42 Å². The number of likely N-dealkylation sites (tertiary alicyclic amines) is 1. The SMILES string of the molecule is CC1CC(C)CN(CCCNC(=O)Cc2csc(Cc3ccccc3)n2)C1. The van der Waals surface area contributed by atoms with Crippen molar-refractivity contribution in [3.63, 3.8) is 0 Å². The van der Waals surface area contributed by atoms with Gasteiger partial charge in [-0.1, -0.05) is 44.2 Å². The second-order valence-corrected chi connectivity index (χ2v) is 8.92. The van der Waals surface area contributed by atoms with E-state index in [0.717, 1.165) is 48.5 Å². The maximum Gasteiger partial charge on any atom is 0.226 e. The monoisotopic (exact) mass is 385 g/mol. The first-order valence-electron chi connectivity index (χ1n) is 10.0. The number of thiazole rings is 1. The molecule has 4 nitrogen and oxygen atoms in total. The molecule has 146 valence electrons. The van der Waals surface area contributed by atoms with Crippen LogP contribution >= 0.6 is 11.3 Å². The summed E-state index contributed by atoms with van der Waals surface area (Å²) in [6.45, 7) is 8.89. The number of carbonyl (C=O) groups excluding carboxylic acids is 1. The molecule has 1 saturated heterocycles. The molecule has 1 aromatic carbocycles. The lowest BCUT2D eigenvalue weighted by molar-refractivity contribution is -0.120. The Morgan fingerprint density at radius 3 is 2.70 bits per heavy atom. The summed E-state index contributed by atoms with van der Waals surface area (Å²) in [6.07, 6.45) is 3.57. The first-order valence-corrected chi connectivity index (χ1v) is 10.9. The summed E-state index contributed by atoms with van der Waals surface area (Å²) in [6, 6.07) is 10.3. The first-order chi connectivity index (χ1) is 13.1. The molecule has 0 radical (unpaired) electrons. The van der Waals surface area contributed by atoms with Crippen molar-refractivity contribution in [2.45, 2.75) is 39.5 Å². The highest BCUT2D eigenvalue weighted by Gasteiger charge is 2.21. The first kappa shape index (κ1) is 20.0. The van der Waals surface area contributed by atoms with Crippen LogP contribution in [0.25, 0.3) is 0 Å². The van der Waals surface area contributed by atoms with Gasteiger partial charge in [-0.2, -0.15) is 0 Å². The van der Waals surface area contributed by atoms with Crippen LogP contribution in [-0.4, -0.2) is 42.0 Å². The Balaban J connectivity index is 1.35. The van der Waals surface area contributed by atoms with Gasteiger partial charge in [-0.25, -0.2) is 4.98 Å². The summed E-state index contributed by atoms with van der Waals surface area (Å²) in [4.78, 5) is 19.3. The van der Waals surface area contributed by atoms with Crippen molar-refractivity contribution in [2.75, 3.05) is 26.2 Å². The highest BCUT2D eigenvalue weighted by Crippen LogP contribution is 2.20. The number of hydrogen-bond donors (Lipinski definition) is 1. The Kier molecular flexibility index (Phi) is 7.41. The largest absolute Gasteiger partial charge is 0.356 e. The van der Waals surface area contributed by atoms with Crippen LogP contribution in [0.1, 0.15) is 43.0 Å². The third kappa shape index (κ3) is 6.74. The van der Waals surface area contributed by atoms with E-state index in [4.69, 9.17) is 0 Å². The average Bonchev–Trinajstić information content (AvgIpc) is 3.05. The van der Waals surface area contributed by atoms with Crippen molar-refractivity contribution in [3.05, 3.63) is 52.0 Å². The molecule has 2 aromatic rings. The lowest BCUT2D eigenvalue weighted by Gasteiger charge is -2.34. The van der Waals surface area contributed by atoms with Crippen LogP contribution in [0, 0.1) is 11.8 Å². The van der Waals surface area contributed by atoms with Crippen molar-refractivity contribution in [2.24, 2.45) is 11.8 Å². The fraction of sp³-hybridized carbons (Fsp3) is 0.545. The molecule has 0 spiro atoms. The van der Waals surface area contributed by atoms with Gasteiger partial charge in [0.25, 0.3) is 0 Å². The van der Waals surface area contributed by atoms with Crippen LogP contribution in [-0.2, 0) is 17.6 Å². The van der Waals surface area contributed by atoms with E-state index in [1.165, 1.54) is 25.1 Å². The van der Waals surface area contributed by atoms with E-state index in [1.807, 2.05) is 23.6 Å². The second-order valence-electron chi connectivity index (χ2n) is 7.98. The highest BCUT2D eigenvalue weighted by molar-refractivity contribution is 7.09. The van der Waals surface area contributed by atoms with Gasteiger partial charge in [-0.3, -0.25) is 4.79 Å². The summed E-state index contributed by atoms with van der Waals surface area (Å²) in [5.74, 6) is 1.66. The minimum absolute atomic E-state index is 0.0759. The normalized spacial score (nSPS) is 20.5. The molecule has 1 aliphatic rings. The third-order valence-electron chi connectivity index (χ3n) is 5.06. The zero-order chi connectivity index (χ0) is 19.1. The van der Waals surface area contributed by atoms with E-state index in [9.17, 15) is 4.79 Å². The van der Waals surface area contributed by atoms with Gasteiger partial charge >= 0.3 is 0 Å². The zero-order valence-electron chi connectivity index (χ0n) is 16.5. The lowest BCUT2D eigenvalue weighted by atomic mass is 9.92. The Morgan fingerprint density at radius 1 is 1.22 bits per heavy atom. The fourth-order valence-electron chi connectivity index (χ4n) is 4.01. The summed E-state index contributed by atoms with van der Waals surface area (Å²) in [5, 5.41) is 6.13. The maximum atomic E-state index is 12.2. The van der Waals surface area contributed by atoms with Crippen molar-refractivity contribution in [1.82, 2.24) is 15.2 Å². The summed E-state index contributed by atoms with van der Waals surface area (Å²) in [5.41, 5.74) is 2.13. The number of nitrogens with zero attached hydrogens (tertiary/aromatic N) is 2. The predicted molar refractivity (Wildman–Crippen MR) is 112 cm³/mol. The molecule has 2 atom stereocenters. The van der Waals surface area contributed by atoms with E-state index in [-0.39, 0.29) is 5.91 Å². The molecule has 2 heterocycles. The van der Waals surface area contributed by atoms with Crippen LogP contribution in [0.15, 0.2) is 35.7 Å². The molecule has 3 rings (SSSR count). The van der Waals surface area contributed by atoms with Crippen LogP contribution in [0.2, 0.25) is 0 Å². The molecule has 0 bridgehead atoms. The number of benzene rings is 1. The smallest absolute Gasteiger partial charge is 0.226 e. The van der Waals surface area contributed by atoms with E-state index < -0.39 is 0 Å². The fourth-order valence-corrected chi connectivity index (χ4v) is 4.84. The quantitative estimate of drug-likeness (QED) is 0.704. The topological polar surface area (TPSA) is 45.2 Å². The third-order valence-corrected chi connectivity index (χ3v) is 5.95. The Bertz CT molecular complexity index is 705. The Hall–Kier alpha value is -1.72. The Morgan fingerprint density at radius 2 is 1.96 bits per heavy atom. The number of nitrogens with one attached hydrogen (secondary N) is 1. The van der Waals surface area contributed by atoms with E-state index in [2.05, 4.69) is 41.2 Å². The Labute approximate surface area is 167 Å². The van der Waals surface area contributed by atoms with E-state index >= 15 is 0 Å². The summed E-state index contributed by atoms with van der Waals surface area (Å²) in [7, 11) is 0. The van der Waals surface area contributed by atoms with Gasteiger partial charge in [0.1, 0.15) is 0 Å². The van der Waals surface area contributed by atoms with Gasteiger partial charge in [-0.15, -0.1) is 11.3 Å². The molecule has 1 aromatic heterocycles. The number of rotatable bonds is 8. The number of hydrogen-bond acceptors (Lipinski definition) is 4. The van der Waals surface area contributed by atoms with E-state index in [1.54, 1.807) is 11.3 Å². The molecule has 0 aliphatic carbocycles. The van der Waals surface area contributed by atoms with Gasteiger partial charge in [0, 0.05) is 31.4 Å². The maximum absolute atomic E-state index is 12.2. The number of amides is 1. The van der Waals surface area contributed by atoms with Crippen molar-refractivity contribution in [3.8, 4) is 0 Å². The molecule has 1 amide bonds. The van der Waals surface area contributed by atoms with Crippen LogP contribution in [0.5, 0.6) is 0 Å². The molecular formula is C22H31N3OS. The van der Waals surface area contributed by atoms with Crippen LogP contribution in [0.3, 0.4) is 0 Å². The second kappa shape index (κ2) is 10.00. The summed E-state index contributed by atoms with van der Waals surface area (Å²) >= 11 is 1.64. The molecule has 0 saturated carbocycles. The zero-order valence-corrected chi connectivity index (χ0v) is 17.3. The lowest BCUT2D eigenvalue weighted by Crippen LogP contribution is -2.40. The van der Waals surface area contributed by atoms with Gasteiger partial charge in [-0.05, 0) is 36.8 Å². The van der Waals surface area contributed by atoms with Gasteiger partial charge in [0.15, 0.2) is 0 Å². The number of aromatic nitrogens is 1. The predicted octanol–water partition coefficient (Wildman–Crippen LogP) is 3.76. The molecule has 1 N–H and O–H groups in total. The van der Waals surface area contributed by atoms with Gasteiger partial charge in [0.05, 0.1) is 17.1 Å². The minimum atomic E-state index is 0.0759. The average molecular weight is 386 g/mol. The minimum Gasteiger partial charge on any atom is -0.356 e. The highest BCUT2D eigenvalue weighted by atomic mass is 32.1. The summed E-state index contributed by atoms with van der Waals surface area (Å²) < 4.78 is 0. The van der Waals surface area contributed by atoms with Crippen molar-refractivity contribution in [1.29, 1.82) is 0 Å². The molecule has 5 heteroatoms. The number of piperidine rings is 1. The van der Waals surface area contributed by atoms with Crippen LogP contribution < -0.4 is 5.32 Å². The van der Waals surface area contributed by atoms with Crippen molar-refractivity contribution >= 4 is 17.2 Å². The molecule has 1 aliphatic heterocycles. The standard InChI is InChI=1S/C22H31N3OS/c1-17-11-18(2)15-25(14-17)10-6-9-23-21(26)13-20-16-27-22(24-20)12-19-7-4-3-5-8-19/h3-5,7-8,16-18H,6,9-15H2,1-2H3,(H,23,26). The van der Waals surface area contributed by atoms with Crippen molar-refractivity contribution < 1.29 is 4.79 Å². The van der Waals surface area contributed by atoms with Crippen LogP contribution in [0.4, 0.5) is 0 Å². The number of carbonyl (C=O) groups is 1. The molecule has 2 unspecified atom stereocenters.